The highest BCUT2D eigenvalue weighted by Gasteiger charge is 2.41. The summed E-state index contributed by atoms with van der Waals surface area (Å²) in [4.78, 5) is 26.6. The van der Waals surface area contributed by atoms with Gasteiger partial charge >= 0.3 is 5.97 Å². The molecule has 0 bridgehead atoms. The molecule has 1 amide bonds. The van der Waals surface area contributed by atoms with Gasteiger partial charge in [-0.05, 0) is 25.5 Å². The van der Waals surface area contributed by atoms with Crippen molar-refractivity contribution in [1.82, 2.24) is 9.80 Å². The number of hydrogen-bond donors (Lipinski definition) is 2. The number of nitrogens with zero attached hydrogens (tertiary/aromatic N) is 2. The minimum Gasteiger partial charge on any atom is -0.480 e. The average molecular weight is 295 g/mol. The summed E-state index contributed by atoms with van der Waals surface area (Å²) in [6.45, 7) is 3.13. The van der Waals surface area contributed by atoms with E-state index in [-0.39, 0.29) is 19.0 Å². The lowest BCUT2D eigenvalue weighted by Crippen LogP contribution is -2.50. The summed E-state index contributed by atoms with van der Waals surface area (Å²) in [5, 5.41) is 9.07. The van der Waals surface area contributed by atoms with Crippen LogP contribution in [0.3, 0.4) is 0 Å². The molecule has 0 spiro atoms. The van der Waals surface area contributed by atoms with E-state index in [1.165, 1.54) is 0 Å². The van der Waals surface area contributed by atoms with Crippen LogP contribution in [0.4, 0.5) is 0 Å². The van der Waals surface area contributed by atoms with Gasteiger partial charge < -0.3 is 20.2 Å². The number of amides is 1. The number of carbonyl (C=O) groups is 2. The molecule has 0 saturated carbocycles. The monoisotopic (exact) mass is 295 g/mol. The lowest BCUT2D eigenvalue weighted by Gasteiger charge is -2.22. The highest BCUT2D eigenvalue weighted by Crippen LogP contribution is 2.19. The molecule has 2 rings (SSSR count). The van der Waals surface area contributed by atoms with Gasteiger partial charge in [-0.1, -0.05) is 0 Å². The molecule has 1 aliphatic rings. The van der Waals surface area contributed by atoms with E-state index < -0.39 is 11.5 Å². The minimum absolute atomic E-state index is 0.0845. The van der Waals surface area contributed by atoms with E-state index in [9.17, 15) is 9.59 Å². The van der Waals surface area contributed by atoms with Crippen LogP contribution in [0, 0.1) is 6.92 Å². The van der Waals surface area contributed by atoms with Crippen molar-refractivity contribution in [1.29, 1.82) is 0 Å². The fourth-order valence-corrected chi connectivity index (χ4v) is 2.43. The molecule has 2 heterocycles. The Bertz CT molecular complexity index is 542. The predicted molar refractivity (Wildman–Crippen MR) is 75.5 cm³/mol. The molecular formula is C14H21N3O4. The van der Waals surface area contributed by atoms with Gasteiger partial charge in [0.15, 0.2) is 0 Å². The topological polar surface area (TPSA) is 100 Å². The first-order valence-corrected chi connectivity index (χ1v) is 6.84. The molecule has 7 heteroatoms. The van der Waals surface area contributed by atoms with Crippen LogP contribution in [0.5, 0.6) is 0 Å². The molecule has 0 aliphatic carbocycles. The molecular weight excluding hydrogens is 274 g/mol. The molecule has 1 aliphatic heterocycles. The number of aliphatic carboxylic acids is 1. The number of aryl methyl sites for hydroxylation is 1. The summed E-state index contributed by atoms with van der Waals surface area (Å²) in [5.74, 6) is 0.429. The summed E-state index contributed by atoms with van der Waals surface area (Å²) < 4.78 is 5.43. The zero-order chi connectivity index (χ0) is 15.6. The maximum absolute atomic E-state index is 12.1. The minimum atomic E-state index is -1.24. The summed E-state index contributed by atoms with van der Waals surface area (Å²) >= 11 is 0. The van der Waals surface area contributed by atoms with Crippen molar-refractivity contribution >= 4 is 11.9 Å². The van der Waals surface area contributed by atoms with Gasteiger partial charge in [0.25, 0.3) is 0 Å². The third kappa shape index (κ3) is 3.62. The summed E-state index contributed by atoms with van der Waals surface area (Å²) in [7, 11) is 1.70. The smallest absolute Gasteiger partial charge is 0.325 e. The Morgan fingerprint density at radius 3 is 2.76 bits per heavy atom. The summed E-state index contributed by atoms with van der Waals surface area (Å²) in [6, 6.07) is 3.69. The fraction of sp³-hybridized carbons (Fsp3) is 0.571. The fourth-order valence-electron chi connectivity index (χ4n) is 2.43. The third-order valence-corrected chi connectivity index (χ3v) is 3.78. The molecule has 7 nitrogen and oxygen atoms in total. The standard InChI is InChI=1S/C14H21N3O4/c1-10-3-4-11(21-10)7-16(2)12(18)8-17-6-5-14(15,9-17)13(19)20/h3-4H,5-9,15H2,1-2H3,(H,19,20). The molecule has 1 fully saturated rings. The van der Waals surface area contributed by atoms with Crippen molar-refractivity contribution in [3.63, 3.8) is 0 Å². The molecule has 116 valence electrons. The predicted octanol–water partition coefficient (Wildman–Crippen LogP) is 0.0342. The first-order valence-electron chi connectivity index (χ1n) is 6.84. The normalized spacial score (nSPS) is 22.4. The van der Waals surface area contributed by atoms with Crippen LogP contribution < -0.4 is 5.73 Å². The second-order valence-electron chi connectivity index (χ2n) is 5.68. The van der Waals surface area contributed by atoms with Crippen molar-refractivity contribution in [3.05, 3.63) is 23.7 Å². The number of rotatable bonds is 5. The number of furan rings is 1. The molecule has 21 heavy (non-hydrogen) atoms. The molecule has 1 saturated heterocycles. The highest BCUT2D eigenvalue weighted by atomic mass is 16.4. The van der Waals surface area contributed by atoms with E-state index in [2.05, 4.69) is 0 Å². The van der Waals surface area contributed by atoms with Crippen LogP contribution in [0.1, 0.15) is 17.9 Å². The third-order valence-electron chi connectivity index (χ3n) is 3.78. The lowest BCUT2D eigenvalue weighted by atomic mass is 10.0. The van der Waals surface area contributed by atoms with Gasteiger partial charge in [0.05, 0.1) is 13.1 Å². The van der Waals surface area contributed by atoms with Crippen LogP contribution in [0.15, 0.2) is 16.5 Å². The Morgan fingerprint density at radius 1 is 1.52 bits per heavy atom. The number of likely N-dealkylation sites (N-methyl/N-ethyl adjacent to an activating group) is 1. The Kier molecular flexibility index (Phi) is 4.34. The second-order valence-corrected chi connectivity index (χ2v) is 5.68. The maximum Gasteiger partial charge on any atom is 0.325 e. The Labute approximate surface area is 123 Å². The van der Waals surface area contributed by atoms with Crippen molar-refractivity contribution in [2.24, 2.45) is 5.73 Å². The number of carboxylic acid groups (broad SMARTS) is 1. The molecule has 0 radical (unpaired) electrons. The van der Waals surface area contributed by atoms with Gasteiger partial charge in [-0.25, -0.2) is 0 Å². The average Bonchev–Trinajstić information content (AvgIpc) is 2.97. The second kappa shape index (κ2) is 5.87. The van der Waals surface area contributed by atoms with Crippen molar-refractivity contribution < 1.29 is 19.1 Å². The number of likely N-dealkylation sites (tertiary alicyclic amines) is 1. The molecule has 1 aromatic heterocycles. The van der Waals surface area contributed by atoms with Crippen LogP contribution in [0.2, 0.25) is 0 Å². The first-order chi connectivity index (χ1) is 9.80. The van der Waals surface area contributed by atoms with E-state index in [1.807, 2.05) is 19.1 Å². The van der Waals surface area contributed by atoms with Crippen LogP contribution in [-0.2, 0) is 16.1 Å². The van der Waals surface area contributed by atoms with E-state index >= 15 is 0 Å². The van der Waals surface area contributed by atoms with E-state index in [0.717, 1.165) is 11.5 Å². The Morgan fingerprint density at radius 2 is 2.24 bits per heavy atom. The largest absolute Gasteiger partial charge is 0.480 e. The van der Waals surface area contributed by atoms with Gasteiger partial charge in [-0.2, -0.15) is 0 Å². The zero-order valence-corrected chi connectivity index (χ0v) is 12.3. The van der Waals surface area contributed by atoms with Gasteiger partial charge in [0.2, 0.25) is 5.91 Å². The Hall–Kier alpha value is -1.86. The number of nitrogens with two attached hydrogens (primary N) is 1. The van der Waals surface area contributed by atoms with Crippen molar-refractivity contribution in [2.45, 2.75) is 25.4 Å². The van der Waals surface area contributed by atoms with Crippen molar-refractivity contribution in [3.8, 4) is 0 Å². The number of carbonyl (C=O) groups excluding carboxylic acids is 1. The van der Waals surface area contributed by atoms with Crippen LogP contribution >= 0.6 is 0 Å². The van der Waals surface area contributed by atoms with Crippen LogP contribution in [0.25, 0.3) is 0 Å². The van der Waals surface area contributed by atoms with E-state index in [1.54, 1.807) is 16.8 Å². The molecule has 0 aromatic carbocycles. The van der Waals surface area contributed by atoms with Gasteiger partial charge in [-0.3, -0.25) is 14.5 Å². The SMILES string of the molecule is Cc1ccc(CN(C)C(=O)CN2CCC(N)(C(=O)O)C2)o1. The molecule has 1 aromatic rings. The zero-order valence-electron chi connectivity index (χ0n) is 12.3. The maximum atomic E-state index is 12.1. The Balaban J connectivity index is 1.86. The van der Waals surface area contributed by atoms with Crippen LogP contribution in [-0.4, -0.2) is 59.0 Å². The van der Waals surface area contributed by atoms with E-state index in [4.69, 9.17) is 15.3 Å². The molecule has 1 atom stereocenters. The number of hydrogen-bond acceptors (Lipinski definition) is 5. The van der Waals surface area contributed by atoms with Gasteiger partial charge in [-0.15, -0.1) is 0 Å². The quantitative estimate of drug-likeness (QED) is 0.795. The molecule has 1 unspecified atom stereocenters. The highest BCUT2D eigenvalue weighted by molar-refractivity contribution is 5.80. The lowest BCUT2D eigenvalue weighted by molar-refractivity contribution is -0.143. The first kappa shape index (κ1) is 15.5. The van der Waals surface area contributed by atoms with E-state index in [0.29, 0.717) is 19.5 Å². The van der Waals surface area contributed by atoms with Gasteiger partial charge in [0.1, 0.15) is 17.1 Å². The van der Waals surface area contributed by atoms with Gasteiger partial charge in [0, 0.05) is 20.1 Å². The summed E-state index contributed by atoms with van der Waals surface area (Å²) in [5.41, 5.74) is 4.55. The molecule has 3 N–H and O–H groups in total. The summed E-state index contributed by atoms with van der Waals surface area (Å²) in [6.07, 6.45) is 0.358. The number of carboxylic acids is 1. The van der Waals surface area contributed by atoms with Crippen molar-refractivity contribution in [2.75, 3.05) is 26.7 Å².